The van der Waals surface area contributed by atoms with Crippen LogP contribution in [0.5, 0.6) is 0 Å². The van der Waals surface area contributed by atoms with Gasteiger partial charge in [0.1, 0.15) is 6.10 Å². The number of carboxylic acids is 1. The summed E-state index contributed by atoms with van der Waals surface area (Å²) in [6, 6.07) is 5.64. The fraction of sp³-hybridized carbons (Fsp3) is 0.571. The van der Waals surface area contributed by atoms with Crippen LogP contribution in [0.15, 0.2) is 23.0 Å². The van der Waals surface area contributed by atoms with E-state index in [4.69, 9.17) is 10.2 Å². The third-order valence-corrected chi connectivity index (χ3v) is 3.74. The summed E-state index contributed by atoms with van der Waals surface area (Å²) in [5.74, 6) is 0.0211. The number of piperidine rings is 1. The molecule has 0 aliphatic carbocycles. The van der Waals surface area contributed by atoms with Crippen molar-refractivity contribution in [1.29, 1.82) is 0 Å². The van der Waals surface area contributed by atoms with E-state index in [0.717, 1.165) is 19.6 Å². The lowest BCUT2D eigenvalue weighted by molar-refractivity contribution is -0.145. The van der Waals surface area contributed by atoms with Crippen molar-refractivity contribution >= 4 is 5.97 Å². The summed E-state index contributed by atoms with van der Waals surface area (Å²) in [5.41, 5.74) is 1.39. The molecule has 1 aromatic rings. The average molecular weight is 280 g/mol. The molecule has 3 N–H and O–H groups in total. The highest BCUT2D eigenvalue weighted by atomic mass is 16.4. The van der Waals surface area contributed by atoms with E-state index < -0.39 is 12.1 Å². The summed E-state index contributed by atoms with van der Waals surface area (Å²) in [7, 11) is 0. The highest BCUT2D eigenvalue weighted by molar-refractivity contribution is 5.71. The molecule has 2 bridgehead atoms. The van der Waals surface area contributed by atoms with Crippen LogP contribution in [-0.2, 0) is 11.3 Å². The van der Waals surface area contributed by atoms with E-state index in [1.165, 1.54) is 19.0 Å². The first-order valence-electron chi connectivity index (χ1n) is 6.80. The Morgan fingerprint density at radius 2 is 2.15 bits per heavy atom. The summed E-state index contributed by atoms with van der Waals surface area (Å²) >= 11 is 0. The number of hydrogen-bond acceptors (Lipinski definition) is 4. The molecule has 2 aliphatic rings. The monoisotopic (exact) mass is 280 g/mol. The zero-order valence-corrected chi connectivity index (χ0v) is 11.5. The van der Waals surface area contributed by atoms with Gasteiger partial charge in [-0.15, -0.1) is 0 Å². The minimum Gasteiger partial charge on any atom is -0.479 e. The molecule has 1 saturated heterocycles. The highest BCUT2D eigenvalue weighted by Crippen LogP contribution is 2.31. The minimum absolute atomic E-state index is 0.166. The maximum Gasteiger partial charge on any atom is 0.332 e. The second-order valence-corrected chi connectivity index (χ2v) is 5.37. The van der Waals surface area contributed by atoms with Crippen molar-refractivity contribution in [3.05, 3.63) is 34.2 Å². The van der Waals surface area contributed by atoms with E-state index in [9.17, 15) is 9.59 Å². The molecule has 6 heteroatoms. The molecule has 0 spiro atoms. The molecule has 110 valence electrons. The van der Waals surface area contributed by atoms with E-state index in [1.54, 1.807) is 6.07 Å². The predicted molar refractivity (Wildman–Crippen MR) is 73.7 cm³/mol. The fourth-order valence-electron chi connectivity index (χ4n) is 2.74. The Morgan fingerprint density at radius 1 is 1.45 bits per heavy atom. The standard InChI is InChI=1S/C11H14N2O.C3H6O3/c14-11-3-1-2-10-9-4-8(5-12-6-9)7-13(10)11;1-2(4)3(5)6/h1-3,8-9,12H,4-7H2;2,4H,1H3,(H,5,6). The van der Waals surface area contributed by atoms with Gasteiger partial charge in [-0.1, -0.05) is 6.07 Å². The Morgan fingerprint density at radius 3 is 2.80 bits per heavy atom. The Bertz CT molecular complexity index is 538. The summed E-state index contributed by atoms with van der Waals surface area (Å²) in [4.78, 5) is 21.1. The number of hydrogen-bond donors (Lipinski definition) is 3. The number of aliphatic carboxylic acids is 1. The quantitative estimate of drug-likeness (QED) is 0.674. The van der Waals surface area contributed by atoms with E-state index in [-0.39, 0.29) is 5.56 Å². The first kappa shape index (κ1) is 14.7. The molecule has 6 nitrogen and oxygen atoms in total. The number of carbonyl (C=O) groups is 1. The van der Waals surface area contributed by atoms with Gasteiger partial charge in [-0.3, -0.25) is 4.79 Å². The van der Waals surface area contributed by atoms with Crippen molar-refractivity contribution in [3.63, 3.8) is 0 Å². The molecule has 0 amide bonds. The number of nitrogens with one attached hydrogen (secondary N) is 1. The highest BCUT2D eigenvalue weighted by Gasteiger charge is 2.30. The van der Waals surface area contributed by atoms with Gasteiger partial charge in [0.05, 0.1) is 0 Å². The zero-order chi connectivity index (χ0) is 14.7. The smallest absolute Gasteiger partial charge is 0.332 e. The third kappa shape index (κ3) is 3.26. The van der Waals surface area contributed by atoms with Gasteiger partial charge in [0.25, 0.3) is 5.56 Å². The van der Waals surface area contributed by atoms with Crippen LogP contribution in [0.1, 0.15) is 25.0 Å². The number of carboxylic acid groups (broad SMARTS) is 1. The lowest BCUT2D eigenvalue weighted by Gasteiger charge is -2.37. The SMILES string of the molecule is CC(O)C(=O)O.O=c1cccc2n1CC1CNCC2C1. The lowest BCUT2D eigenvalue weighted by atomic mass is 9.84. The fourth-order valence-corrected chi connectivity index (χ4v) is 2.74. The maximum absolute atomic E-state index is 11.6. The minimum atomic E-state index is -1.23. The van der Waals surface area contributed by atoms with E-state index >= 15 is 0 Å². The second-order valence-electron chi connectivity index (χ2n) is 5.37. The molecule has 3 rings (SSSR count). The second kappa shape index (κ2) is 6.19. The van der Waals surface area contributed by atoms with Crippen molar-refractivity contribution in [2.45, 2.75) is 31.9 Å². The van der Waals surface area contributed by atoms with Crippen LogP contribution in [0.3, 0.4) is 0 Å². The van der Waals surface area contributed by atoms with E-state index in [0.29, 0.717) is 11.8 Å². The number of rotatable bonds is 1. The Balaban J connectivity index is 0.000000212. The van der Waals surface area contributed by atoms with Gasteiger partial charge in [0, 0.05) is 30.8 Å². The summed E-state index contributed by atoms with van der Waals surface area (Å²) in [6.07, 6.45) is 0.0150. The van der Waals surface area contributed by atoms with Crippen LogP contribution in [0.25, 0.3) is 0 Å². The van der Waals surface area contributed by atoms with Crippen molar-refractivity contribution in [1.82, 2.24) is 9.88 Å². The molecular formula is C14H20N2O4. The first-order chi connectivity index (χ1) is 9.49. The maximum atomic E-state index is 11.6. The molecule has 20 heavy (non-hydrogen) atoms. The van der Waals surface area contributed by atoms with Crippen molar-refractivity contribution in [3.8, 4) is 0 Å². The Labute approximate surface area is 117 Å². The topological polar surface area (TPSA) is 91.6 Å². The van der Waals surface area contributed by atoms with Crippen LogP contribution >= 0.6 is 0 Å². The van der Waals surface area contributed by atoms with Crippen LogP contribution in [0.2, 0.25) is 0 Å². The van der Waals surface area contributed by atoms with Crippen molar-refractivity contribution in [2.24, 2.45) is 5.92 Å². The number of pyridine rings is 1. The van der Waals surface area contributed by atoms with E-state index in [1.807, 2.05) is 10.6 Å². The van der Waals surface area contributed by atoms with Crippen LogP contribution < -0.4 is 10.9 Å². The zero-order valence-electron chi connectivity index (χ0n) is 11.5. The summed E-state index contributed by atoms with van der Waals surface area (Å²) < 4.78 is 1.96. The van der Waals surface area contributed by atoms with E-state index in [2.05, 4.69) is 11.4 Å². The lowest BCUT2D eigenvalue weighted by Crippen LogP contribution is -2.44. The molecule has 1 fully saturated rings. The normalized spacial score (nSPS) is 24.9. The number of aromatic nitrogens is 1. The molecule has 0 saturated carbocycles. The van der Waals surface area contributed by atoms with Crippen LogP contribution in [0.4, 0.5) is 0 Å². The largest absolute Gasteiger partial charge is 0.479 e. The number of aliphatic hydroxyl groups excluding tert-OH is 1. The van der Waals surface area contributed by atoms with Crippen molar-refractivity contribution in [2.75, 3.05) is 13.1 Å². The molecule has 0 radical (unpaired) electrons. The van der Waals surface area contributed by atoms with Gasteiger partial charge in [-0.05, 0) is 31.9 Å². The van der Waals surface area contributed by atoms with Gasteiger partial charge in [0.2, 0.25) is 0 Å². The summed E-state index contributed by atoms with van der Waals surface area (Å²) in [5, 5.41) is 19.2. The molecule has 3 unspecified atom stereocenters. The Kier molecular flexibility index (Phi) is 4.57. The first-order valence-corrected chi connectivity index (χ1v) is 6.80. The number of fused-ring (bicyclic) bond motifs is 4. The number of nitrogens with zero attached hydrogens (tertiary/aromatic N) is 1. The molecule has 3 heterocycles. The van der Waals surface area contributed by atoms with Gasteiger partial charge in [0.15, 0.2) is 0 Å². The van der Waals surface area contributed by atoms with Crippen LogP contribution in [-0.4, -0.2) is 39.9 Å². The van der Waals surface area contributed by atoms with Gasteiger partial charge < -0.3 is 20.1 Å². The molecular weight excluding hydrogens is 260 g/mol. The van der Waals surface area contributed by atoms with Gasteiger partial charge in [-0.25, -0.2) is 4.79 Å². The predicted octanol–water partition coefficient (Wildman–Crippen LogP) is 0.00680. The average Bonchev–Trinajstić information content (AvgIpc) is 2.41. The third-order valence-electron chi connectivity index (χ3n) is 3.74. The molecule has 1 aromatic heterocycles. The van der Waals surface area contributed by atoms with Crippen LogP contribution in [0, 0.1) is 5.92 Å². The van der Waals surface area contributed by atoms with Gasteiger partial charge >= 0.3 is 5.97 Å². The molecule has 0 aromatic carbocycles. The van der Waals surface area contributed by atoms with Gasteiger partial charge in [-0.2, -0.15) is 0 Å². The number of aliphatic hydroxyl groups is 1. The Hall–Kier alpha value is -1.66. The molecule has 3 atom stereocenters. The van der Waals surface area contributed by atoms with Crippen molar-refractivity contribution < 1.29 is 15.0 Å². The molecule has 2 aliphatic heterocycles. The summed E-state index contributed by atoms with van der Waals surface area (Å²) in [6.45, 7) is 4.19.